The second-order valence-electron chi connectivity index (χ2n) is 9.98. The number of aliphatic hydroxyl groups excluding tert-OH is 1. The minimum absolute atomic E-state index is 0.0654. The number of hydrogen-bond donors (Lipinski definition) is 1. The average molecular weight is 619 g/mol. The number of amides is 1. The minimum Gasteiger partial charge on any atom is -0.489 e. The largest absolute Gasteiger partial charge is 0.489 e. The number of carbonyl (C=O) groups excluding carboxylic acids is 2. The fourth-order valence-electron chi connectivity index (χ4n) is 3.72. The Kier molecular flexibility index (Phi) is 10.8. The molecule has 3 aromatic carbocycles. The summed E-state index contributed by atoms with van der Waals surface area (Å²) in [4.78, 5) is 26.2. The molecule has 9 heteroatoms. The molecule has 0 aromatic heterocycles. The molecule has 0 aliphatic carbocycles. The highest BCUT2D eigenvalue weighted by Gasteiger charge is 2.24. The zero-order valence-electron chi connectivity index (χ0n) is 22.4. The van der Waals surface area contributed by atoms with Crippen LogP contribution in [0.4, 0.5) is 4.79 Å². The van der Waals surface area contributed by atoms with Gasteiger partial charge < -0.3 is 24.2 Å². The van der Waals surface area contributed by atoms with Gasteiger partial charge in [0.05, 0.1) is 25.3 Å². The lowest BCUT2D eigenvalue weighted by molar-refractivity contribution is 0.0147. The van der Waals surface area contributed by atoms with Crippen LogP contribution in [0.25, 0.3) is 0 Å². The van der Waals surface area contributed by atoms with Gasteiger partial charge in [-0.05, 0) is 80.8 Å². The number of carbonyl (C=O) groups is 2. The Hall–Kier alpha value is -3.07. The van der Waals surface area contributed by atoms with Crippen LogP contribution in [0.3, 0.4) is 0 Å². The fraction of sp³-hybridized carbons (Fsp3) is 0.333. The van der Waals surface area contributed by atoms with Gasteiger partial charge in [0.25, 0.3) is 0 Å². The van der Waals surface area contributed by atoms with Gasteiger partial charge in [0, 0.05) is 21.6 Å². The smallest absolute Gasteiger partial charge is 0.410 e. The van der Waals surface area contributed by atoms with Gasteiger partial charge in [0.2, 0.25) is 0 Å². The van der Waals surface area contributed by atoms with Crippen molar-refractivity contribution < 1.29 is 28.9 Å². The predicted octanol–water partition coefficient (Wildman–Crippen LogP) is 6.98. The maximum atomic E-state index is 12.9. The van der Waals surface area contributed by atoms with E-state index in [2.05, 4.69) is 15.9 Å². The van der Waals surface area contributed by atoms with Crippen LogP contribution in [-0.4, -0.2) is 47.9 Å². The first-order valence-corrected chi connectivity index (χ1v) is 13.6. The molecule has 1 amide bonds. The van der Waals surface area contributed by atoms with Crippen LogP contribution >= 0.6 is 27.5 Å². The first kappa shape index (κ1) is 30.5. The normalized spacial score (nSPS) is 12.0. The summed E-state index contributed by atoms with van der Waals surface area (Å²) in [7, 11) is 1.34. The molecule has 0 radical (unpaired) electrons. The summed E-state index contributed by atoms with van der Waals surface area (Å²) in [5.74, 6) is 0.253. The molecular weight excluding hydrogens is 586 g/mol. The third kappa shape index (κ3) is 9.56. The zero-order chi connectivity index (χ0) is 28.6. The molecule has 0 bridgehead atoms. The van der Waals surface area contributed by atoms with Gasteiger partial charge in [-0.1, -0.05) is 51.8 Å². The summed E-state index contributed by atoms with van der Waals surface area (Å²) in [5, 5.41) is 11.3. The molecule has 39 heavy (non-hydrogen) atoms. The Morgan fingerprint density at radius 3 is 2.41 bits per heavy atom. The molecule has 0 spiro atoms. The molecule has 0 heterocycles. The van der Waals surface area contributed by atoms with Crippen LogP contribution in [-0.2, 0) is 22.5 Å². The first-order chi connectivity index (χ1) is 18.4. The van der Waals surface area contributed by atoms with Gasteiger partial charge in [0.15, 0.2) is 0 Å². The molecule has 1 unspecified atom stereocenters. The Morgan fingerprint density at radius 2 is 1.77 bits per heavy atom. The molecule has 3 aromatic rings. The van der Waals surface area contributed by atoms with E-state index in [0.717, 1.165) is 15.6 Å². The molecule has 3 rings (SSSR count). The Morgan fingerprint density at radius 1 is 1.05 bits per heavy atom. The minimum atomic E-state index is -0.913. The van der Waals surface area contributed by atoms with Crippen molar-refractivity contribution >= 4 is 39.6 Å². The zero-order valence-corrected chi connectivity index (χ0v) is 24.8. The molecule has 1 N–H and O–H groups in total. The van der Waals surface area contributed by atoms with E-state index < -0.39 is 23.8 Å². The van der Waals surface area contributed by atoms with E-state index in [1.54, 1.807) is 63.2 Å². The van der Waals surface area contributed by atoms with E-state index in [-0.39, 0.29) is 13.2 Å². The van der Waals surface area contributed by atoms with Crippen molar-refractivity contribution in [2.24, 2.45) is 0 Å². The number of esters is 1. The van der Waals surface area contributed by atoms with Crippen molar-refractivity contribution in [2.45, 2.75) is 45.5 Å². The second kappa shape index (κ2) is 13.8. The van der Waals surface area contributed by atoms with Crippen molar-refractivity contribution in [1.82, 2.24) is 4.90 Å². The third-order valence-corrected chi connectivity index (χ3v) is 6.74. The van der Waals surface area contributed by atoms with Crippen molar-refractivity contribution in [3.63, 3.8) is 0 Å². The van der Waals surface area contributed by atoms with Crippen molar-refractivity contribution in [1.29, 1.82) is 0 Å². The Bertz CT molecular complexity index is 1280. The molecule has 0 saturated heterocycles. The van der Waals surface area contributed by atoms with Gasteiger partial charge in [-0.3, -0.25) is 0 Å². The number of nitrogens with zero attached hydrogens (tertiary/aromatic N) is 1. The first-order valence-electron chi connectivity index (χ1n) is 12.4. The lowest BCUT2D eigenvalue weighted by Crippen LogP contribution is -2.40. The number of ether oxygens (including phenoxy) is 3. The molecule has 7 nitrogen and oxygen atoms in total. The average Bonchev–Trinajstić information content (AvgIpc) is 2.89. The summed E-state index contributed by atoms with van der Waals surface area (Å²) < 4.78 is 17.1. The van der Waals surface area contributed by atoms with E-state index in [1.807, 2.05) is 24.3 Å². The number of rotatable bonds is 10. The van der Waals surface area contributed by atoms with Crippen LogP contribution in [0.15, 0.2) is 71.2 Å². The van der Waals surface area contributed by atoms with Crippen molar-refractivity contribution in [3.8, 4) is 5.75 Å². The maximum absolute atomic E-state index is 12.9. The Labute approximate surface area is 242 Å². The molecule has 1 atom stereocenters. The molecule has 0 aliphatic rings. The third-order valence-electron chi connectivity index (χ3n) is 5.73. The summed E-state index contributed by atoms with van der Waals surface area (Å²) in [6.45, 7) is 6.09. The van der Waals surface area contributed by atoms with Crippen molar-refractivity contribution in [2.75, 3.05) is 20.2 Å². The lowest BCUT2D eigenvalue weighted by Gasteiger charge is -2.29. The van der Waals surface area contributed by atoms with Gasteiger partial charge in [-0.2, -0.15) is 0 Å². The van der Waals surface area contributed by atoms with Gasteiger partial charge >= 0.3 is 12.1 Å². The quantitative estimate of drug-likeness (QED) is 0.247. The van der Waals surface area contributed by atoms with Gasteiger partial charge in [-0.25, -0.2) is 9.59 Å². The van der Waals surface area contributed by atoms with E-state index in [0.29, 0.717) is 34.9 Å². The van der Waals surface area contributed by atoms with Crippen LogP contribution in [0, 0.1) is 0 Å². The number of benzene rings is 3. The summed E-state index contributed by atoms with van der Waals surface area (Å²) in [6, 6.07) is 19.7. The standard InChI is InChI=1S/C30H33BrClNO6/c1-30(2,3)39-29(36)33(18-27(34)21-6-5-7-24(32)17-21)15-14-20-8-11-25(12-9-20)38-19-23-16-22(28(35)37-4)10-13-26(23)31/h5-13,16-17,27,34H,14-15,18-19H2,1-4H3. The lowest BCUT2D eigenvalue weighted by atomic mass is 10.1. The Balaban J connectivity index is 1.63. The van der Waals surface area contributed by atoms with E-state index in [9.17, 15) is 14.7 Å². The maximum Gasteiger partial charge on any atom is 0.410 e. The van der Waals surface area contributed by atoms with Crippen LogP contribution in [0.1, 0.15) is 53.9 Å². The predicted molar refractivity (Wildman–Crippen MR) is 154 cm³/mol. The molecule has 0 aliphatic heterocycles. The monoisotopic (exact) mass is 617 g/mol. The topological polar surface area (TPSA) is 85.3 Å². The van der Waals surface area contributed by atoms with Crippen LogP contribution in [0.2, 0.25) is 5.02 Å². The SMILES string of the molecule is COC(=O)c1ccc(Br)c(COc2ccc(CCN(CC(O)c3cccc(Cl)c3)C(=O)OC(C)(C)C)cc2)c1. The fourth-order valence-corrected chi connectivity index (χ4v) is 4.28. The van der Waals surface area contributed by atoms with Crippen molar-refractivity contribution in [3.05, 3.63) is 98.5 Å². The molecule has 0 fully saturated rings. The molecule has 0 saturated carbocycles. The summed E-state index contributed by atoms with van der Waals surface area (Å²) in [5.41, 5.74) is 2.21. The van der Waals surface area contributed by atoms with Crippen LogP contribution < -0.4 is 4.74 Å². The number of methoxy groups -OCH3 is 1. The highest BCUT2D eigenvalue weighted by molar-refractivity contribution is 9.10. The van der Waals surface area contributed by atoms with E-state index >= 15 is 0 Å². The molecule has 208 valence electrons. The molecular formula is C30H33BrClNO6. The highest BCUT2D eigenvalue weighted by atomic mass is 79.9. The van der Waals surface area contributed by atoms with Gasteiger partial charge in [-0.15, -0.1) is 0 Å². The van der Waals surface area contributed by atoms with Gasteiger partial charge in [0.1, 0.15) is 18.0 Å². The van der Waals surface area contributed by atoms with E-state index in [1.165, 1.54) is 12.0 Å². The number of aliphatic hydroxyl groups is 1. The number of halogens is 2. The summed E-state index contributed by atoms with van der Waals surface area (Å²) in [6.07, 6.45) is -0.860. The summed E-state index contributed by atoms with van der Waals surface area (Å²) >= 11 is 9.56. The second-order valence-corrected chi connectivity index (χ2v) is 11.3. The van der Waals surface area contributed by atoms with E-state index in [4.69, 9.17) is 25.8 Å². The number of hydrogen-bond acceptors (Lipinski definition) is 6. The van der Waals surface area contributed by atoms with Crippen LogP contribution in [0.5, 0.6) is 5.75 Å². The highest BCUT2D eigenvalue weighted by Crippen LogP contribution is 2.23.